The fourth-order valence-corrected chi connectivity index (χ4v) is 2.71. The largest absolute Gasteiger partial charge is 0.493 e. The van der Waals surface area contributed by atoms with Crippen molar-refractivity contribution < 1.29 is 9.47 Å². The Bertz CT molecular complexity index is 780. The van der Waals surface area contributed by atoms with Crippen molar-refractivity contribution in [3.8, 4) is 11.5 Å². The number of hydrogen-bond donors (Lipinski definition) is 0. The Hall–Kier alpha value is -2.34. The van der Waals surface area contributed by atoms with Gasteiger partial charge in [0.05, 0.1) is 14.2 Å². The first-order valence-electron chi connectivity index (χ1n) is 6.28. The highest BCUT2D eigenvalue weighted by molar-refractivity contribution is 7.99. The number of ether oxygens (including phenoxy) is 2. The quantitative estimate of drug-likeness (QED) is 0.737. The molecular formula is C15H13N3O2S. The van der Waals surface area contributed by atoms with E-state index in [4.69, 9.17) is 9.47 Å². The topological polar surface area (TPSA) is 57.1 Å². The van der Waals surface area contributed by atoms with Crippen LogP contribution >= 0.6 is 11.8 Å². The molecular weight excluding hydrogens is 286 g/mol. The molecule has 2 aromatic heterocycles. The maximum atomic E-state index is 5.30. The van der Waals surface area contributed by atoms with E-state index < -0.39 is 0 Å². The normalized spacial score (nSPS) is 10.6. The number of fused-ring (bicyclic) bond motifs is 1. The van der Waals surface area contributed by atoms with Crippen LogP contribution in [0.1, 0.15) is 0 Å². The highest BCUT2D eigenvalue weighted by Gasteiger charge is 2.07. The van der Waals surface area contributed by atoms with Crippen molar-refractivity contribution in [1.29, 1.82) is 0 Å². The Morgan fingerprint density at radius 2 is 1.71 bits per heavy atom. The molecule has 0 radical (unpaired) electrons. The third-order valence-electron chi connectivity index (χ3n) is 2.88. The van der Waals surface area contributed by atoms with Crippen molar-refractivity contribution >= 4 is 22.9 Å². The van der Waals surface area contributed by atoms with Gasteiger partial charge in [-0.05, 0) is 30.3 Å². The molecule has 106 valence electrons. The third-order valence-corrected chi connectivity index (χ3v) is 3.81. The van der Waals surface area contributed by atoms with E-state index in [2.05, 4.69) is 15.0 Å². The Kier molecular flexibility index (Phi) is 3.87. The van der Waals surface area contributed by atoms with E-state index in [1.807, 2.05) is 30.3 Å². The molecule has 0 bridgehead atoms. The monoisotopic (exact) mass is 299 g/mol. The standard InChI is InChI=1S/C15H13N3O2S/c1-19-12-5-3-10(9-13(12)20-2)21-14-6-4-11-15(18-14)17-8-7-16-11/h3-9H,1-2H3. The van der Waals surface area contributed by atoms with Crippen molar-refractivity contribution in [2.24, 2.45) is 0 Å². The van der Waals surface area contributed by atoms with Crippen LogP contribution in [-0.4, -0.2) is 29.2 Å². The molecule has 0 fully saturated rings. The van der Waals surface area contributed by atoms with Gasteiger partial charge in [-0.2, -0.15) is 0 Å². The van der Waals surface area contributed by atoms with E-state index in [0.717, 1.165) is 15.4 Å². The number of nitrogens with zero attached hydrogens (tertiary/aromatic N) is 3. The minimum Gasteiger partial charge on any atom is -0.493 e. The van der Waals surface area contributed by atoms with Crippen LogP contribution in [0.15, 0.2) is 52.6 Å². The van der Waals surface area contributed by atoms with Gasteiger partial charge in [-0.3, -0.25) is 4.98 Å². The average Bonchev–Trinajstić information content (AvgIpc) is 2.54. The SMILES string of the molecule is COc1ccc(Sc2ccc3nccnc3n2)cc1OC. The molecule has 0 aliphatic heterocycles. The molecule has 3 aromatic rings. The Labute approximate surface area is 126 Å². The fraction of sp³-hybridized carbons (Fsp3) is 0.133. The minimum atomic E-state index is 0.642. The zero-order valence-electron chi connectivity index (χ0n) is 11.6. The molecule has 3 rings (SSSR count). The summed E-state index contributed by atoms with van der Waals surface area (Å²) in [5, 5.41) is 0.857. The Balaban J connectivity index is 1.91. The minimum absolute atomic E-state index is 0.642. The molecule has 0 aliphatic carbocycles. The summed E-state index contributed by atoms with van der Waals surface area (Å²) in [6.45, 7) is 0. The number of methoxy groups -OCH3 is 2. The molecule has 2 heterocycles. The summed E-state index contributed by atoms with van der Waals surface area (Å²) in [4.78, 5) is 13.9. The number of benzene rings is 1. The molecule has 6 heteroatoms. The van der Waals surface area contributed by atoms with E-state index in [-0.39, 0.29) is 0 Å². The lowest BCUT2D eigenvalue weighted by Crippen LogP contribution is -1.91. The molecule has 0 unspecified atom stereocenters. The van der Waals surface area contributed by atoms with Gasteiger partial charge in [-0.15, -0.1) is 0 Å². The highest BCUT2D eigenvalue weighted by atomic mass is 32.2. The van der Waals surface area contributed by atoms with Crippen LogP contribution in [-0.2, 0) is 0 Å². The van der Waals surface area contributed by atoms with Gasteiger partial charge in [-0.25, -0.2) is 9.97 Å². The van der Waals surface area contributed by atoms with Crippen LogP contribution in [0.4, 0.5) is 0 Å². The predicted octanol–water partition coefficient (Wildman–Crippen LogP) is 3.19. The molecule has 0 aliphatic rings. The first kappa shape index (κ1) is 13.6. The zero-order chi connectivity index (χ0) is 14.7. The number of hydrogen-bond acceptors (Lipinski definition) is 6. The molecule has 0 saturated heterocycles. The van der Waals surface area contributed by atoms with Gasteiger partial charge in [0.25, 0.3) is 0 Å². The predicted molar refractivity (Wildman–Crippen MR) is 81.0 cm³/mol. The van der Waals surface area contributed by atoms with Crippen LogP contribution in [0, 0.1) is 0 Å². The second-order valence-corrected chi connectivity index (χ2v) is 5.26. The third kappa shape index (κ3) is 2.90. The number of rotatable bonds is 4. The van der Waals surface area contributed by atoms with Gasteiger partial charge < -0.3 is 9.47 Å². The first-order chi connectivity index (χ1) is 10.3. The van der Waals surface area contributed by atoms with Gasteiger partial charge in [0.15, 0.2) is 17.1 Å². The van der Waals surface area contributed by atoms with E-state index in [0.29, 0.717) is 17.1 Å². The van der Waals surface area contributed by atoms with Gasteiger partial charge in [-0.1, -0.05) is 11.8 Å². The lowest BCUT2D eigenvalue weighted by atomic mass is 10.3. The summed E-state index contributed by atoms with van der Waals surface area (Å²) < 4.78 is 10.5. The highest BCUT2D eigenvalue weighted by Crippen LogP contribution is 2.34. The van der Waals surface area contributed by atoms with Crippen molar-refractivity contribution in [2.75, 3.05) is 14.2 Å². The van der Waals surface area contributed by atoms with E-state index in [9.17, 15) is 0 Å². The van der Waals surface area contributed by atoms with Crippen molar-refractivity contribution in [2.45, 2.75) is 9.92 Å². The molecule has 0 spiro atoms. The van der Waals surface area contributed by atoms with Crippen molar-refractivity contribution in [3.05, 3.63) is 42.7 Å². The summed E-state index contributed by atoms with van der Waals surface area (Å²) in [6.07, 6.45) is 3.30. The van der Waals surface area contributed by atoms with Gasteiger partial charge in [0.1, 0.15) is 10.5 Å². The zero-order valence-corrected chi connectivity index (χ0v) is 12.4. The van der Waals surface area contributed by atoms with Crippen LogP contribution in [0.2, 0.25) is 0 Å². The molecule has 0 amide bonds. The van der Waals surface area contributed by atoms with Crippen molar-refractivity contribution in [1.82, 2.24) is 15.0 Å². The first-order valence-corrected chi connectivity index (χ1v) is 7.09. The Morgan fingerprint density at radius 3 is 2.52 bits per heavy atom. The molecule has 0 atom stereocenters. The average molecular weight is 299 g/mol. The van der Waals surface area contributed by atoms with Crippen molar-refractivity contribution in [3.63, 3.8) is 0 Å². The second-order valence-electron chi connectivity index (χ2n) is 4.17. The van der Waals surface area contributed by atoms with Gasteiger partial charge >= 0.3 is 0 Å². The summed E-state index contributed by atoms with van der Waals surface area (Å²) >= 11 is 1.54. The molecule has 5 nitrogen and oxygen atoms in total. The second kappa shape index (κ2) is 5.97. The summed E-state index contributed by atoms with van der Waals surface area (Å²) in [6, 6.07) is 9.61. The van der Waals surface area contributed by atoms with E-state index in [1.54, 1.807) is 26.6 Å². The van der Waals surface area contributed by atoms with Crippen LogP contribution in [0.25, 0.3) is 11.2 Å². The fourth-order valence-electron chi connectivity index (χ4n) is 1.89. The number of aromatic nitrogens is 3. The number of pyridine rings is 1. The van der Waals surface area contributed by atoms with Crippen LogP contribution < -0.4 is 9.47 Å². The summed E-state index contributed by atoms with van der Waals surface area (Å²) in [5.74, 6) is 1.40. The molecule has 1 aromatic carbocycles. The summed E-state index contributed by atoms with van der Waals surface area (Å²) in [7, 11) is 3.24. The lowest BCUT2D eigenvalue weighted by molar-refractivity contribution is 0.354. The Morgan fingerprint density at radius 1 is 0.905 bits per heavy atom. The maximum absolute atomic E-state index is 5.30. The molecule has 0 saturated carbocycles. The van der Waals surface area contributed by atoms with E-state index >= 15 is 0 Å². The smallest absolute Gasteiger partial charge is 0.179 e. The molecule has 21 heavy (non-hydrogen) atoms. The van der Waals surface area contributed by atoms with Gasteiger partial charge in [0, 0.05) is 17.3 Å². The van der Waals surface area contributed by atoms with Gasteiger partial charge in [0.2, 0.25) is 0 Å². The maximum Gasteiger partial charge on any atom is 0.179 e. The molecule has 0 N–H and O–H groups in total. The van der Waals surface area contributed by atoms with Crippen LogP contribution in [0.5, 0.6) is 11.5 Å². The summed E-state index contributed by atoms with van der Waals surface area (Å²) in [5.41, 5.74) is 1.43. The van der Waals surface area contributed by atoms with E-state index in [1.165, 1.54) is 11.8 Å². The van der Waals surface area contributed by atoms with Crippen LogP contribution in [0.3, 0.4) is 0 Å². The lowest BCUT2D eigenvalue weighted by Gasteiger charge is -2.09.